The SMILES string of the molecule is Nc1cccc2c1CN(S(=O)(=O)CC(=O)O)CC2. The maximum absolute atomic E-state index is 11.8. The van der Waals surface area contributed by atoms with Crippen molar-refractivity contribution in [2.45, 2.75) is 13.0 Å². The van der Waals surface area contributed by atoms with Crippen LogP contribution >= 0.6 is 0 Å². The predicted octanol–water partition coefficient (Wildman–Crippen LogP) is 0.0413. The van der Waals surface area contributed by atoms with Crippen molar-refractivity contribution in [3.8, 4) is 0 Å². The lowest BCUT2D eigenvalue weighted by molar-refractivity contribution is -0.134. The molecule has 0 aromatic heterocycles. The van der Waals surface area contributed by atoms with Crippen LogP contribution in [-0.2, 0) is 27.8 Å². The molecule has 0 radical (unpaired) electrons. The molecule has 1 aliphatic heterocycles. The first-order valence-electron chi connectivity index (χ1n) is 5.46. The van der Waals surface area contributed by atoms with Gasteiger partial charge in [0.25, 0.3) is 0 Å². The molecule has 6 nitrogen and oxygen atoms in total. The second-order valence-electron chi connectivity index (χ2n) is 4.22. The Morgan fingerprint density at radius 2 is 2.17 bits per heavy atom. The van der Waals surface area contributed by atoms with Crippen LogP contribution in [0.3, 0.4) is 0 Å². The molecule has 98 valence electrons. The molecule has 0 spiro atoms. The highest BCUT2D eigenvalue weighted by Crippen LogP contribution is 2.25. The molecule has 0 bridgehead atoms. The molecule has 0 amide bonds. The highest BCUT2D eigenvalue weighted by Gasteiger charge is 2.29. The Morgan fingerprint density at radius 1 is 1.44 bits per heavy atom. The van der Waals surface area contributed by atoms with Crippen LogP contribution in [0.1, 0.15) is 11.1 Å². The van der Waals surface area contributed by atoms with Crippen LogP contribution in [-0.4, -0.2) is 36.1 Å². The molecule has 0 atom stereocenters. The van der Waals surface area contributed by atoms with E-state index in [0.717, 1.165) is 11.1 Å². The molecule has 0 aliphatic carbocycles. The minimum absolute atomic E-state index is 0.150. The summed E-state index contributed by atoms with van der Waals surface area (Å²) in [6.07, 6.45) is 0.555. The van der Waals surface area contributed by atoms with E-state index in [0.29, 0.717) is 18.7 Å². The van der Waals surface area contributed by atoms with E-state index in [1.54, 1.807) is 6.07 Å². The summed E-state index contributed by atoms with van der Waals surface area (Å²) in [7, 11) is -3.76. The summed E-state index contributed by atoms with van der Waals surface area (Å²) in [6, 6.07) is 5.45. The summed E-state index contributed by atoms with van der Waals surface area (Å²) in [5, 5.41) is 8.60. The van der Waals surface area contributed by atoms with Crippen molar-refractivity contribution in [2.24, 2.45) is 0 Å². The van der Waals surface area contributed by atoms with Crippen molar-refractivity contribution >= 4 is 21.7 Å². The maximum atomic E-state index is 11.8. The maximum Gasteiger partial charge on any atom is 0.320 e. The topological polar surface area (TPSA) is 101 Å². The molecule has 0 saturated heterocycles. The quantitative estimate of drug-likeness (QED) is 0.755. The van der Waals surface area contributed by atoms with E-state index in [-0.39, 0.29) is 6.54 Å². The van der Waals surface area contributed by atoms with Crippen LogP contribution in [0, 0.1) is 0 Å². The van der Waals surface area contributed by atoms with Gasteiger partial charge in [0.1, 0.15) is 0 Å². The summed E-state index contributed by atoms with van der Waals surface area (Å²) >= 11 is 0. The van der Waals surface area contributed by atoms with Gasteiger partial charge in [-0.25, -0.2) is 8.42 Å². The Bertz CT molecular complexity index is 583. The molecule has 18 heavy (non-hydrogen) atoms. The van der Waals surface area contributed by atoms with Gasteiger partial charge in [-0.15, -0.1) is 0 Å². The normalized spacial score (nSPS) is 16.2. The van der Waals surface area contributed by atoms with E-state index in [1.807, 2.05) is 12.1 Å². The second-order valence-corrected chi connectivity index (χ2v) is 6.19. The van der Waals surface area contributed by atoms with Gasteiger partial charge in [0.15, 0.2) is 5.75 Å². The summed E-state index contributed by atoms with van der Waals surface area (Å²) in [6.45, 7) is 0.448. The number of fused-ring (bicyclic) bond motifs is 1. The van der Waals surface area contributed by atoms with Gasteiger partial charge in [-0.05, 0) is 23.6 Å². The van der Waals surface area contributed by atoms with Gasteiger partial charge >= 0.3 is 5.97 Å². The van der Waals surface area contributed by atoms with Crippen molar-refractivity contribution in [2.75, 3.05) is 18.0 Å². The zero-order valence-corrected chi connectivity index (χ0v) is 10.5. The first-order valence-corrected chi connectivity index (χ1v) is 7.07. The predicted molar refractivity (Wildman–Crippen MR) is 66.4 cm³/mol. The van der Waals surface area contributed by atoms with E-state index >= 15 is 0 Å². The van der Waals surface area contributed by atoms with Crippen LogP contribution in [0.15, 0.2) is 18.2 Å². The number of hydrogen-bond acceptors (Lipinski definition) is 4. The van der Waals surface area contributed by atoms with Crippen LogP contribution in [0.5, 0.6) is 0 Å². The van der Waals surface area contributed by atoms with Crippen LogP contribution < -0.4 is 5.73 Å². The van der Waals surface area contributed by atoms with E-state index in [1.165, 1.54) is 4.31 Å². The molecule has 1 aromatic carbocycles. The third kappa shape index (κ3) is 2.46. The first-order chi connectivity index (χ1) is 8.40. The van der Waals surface area contributed by atoms with Gasteiger partial charge < -0.3 is 10.8 Å². The Balaban J connectivity index is 2.27. The zero-order valence-electron chi connectivity index (χ0n) is 9.67. The number of benzene rings is 1. The number of nitrogens with two attached hydrogens (primary N) is 1. The van der Waals surface area contributed by atoms with E-state index < -0.39 is 21.7 Å². The van der Waals surface area contributed by atoms with E-state index in [2.05, 4.69) is 0 Å². The number of nitrogens with zero attached hydrogens (tertiary/aromatic N) is 1. The third-order valence-corrected chi connectivity index (χ3v) is 4.68. The van der Waals surface area contributed by atoms with Gasteiger partial charge in [-0.3, -0.25) is 4.79 Å². The van der Waals surface area contributed by atoms with Crippen molar-refractivity contribution in [3.05, 3.63) is 29.3 Å². The van der Waals surface area contributed by atoms with Crippen molar-refractivity contribution in [3.63, 3.8) is 0 Å². The zero-order chi connectivity index (χ0) is 13.3. The number of nitrogen functional groups attached to an aromatic ring is 1. The molecule has 1 aliphatic rings. The second kappa shape index (κ2) is 4.58. The number of hydrogen-bond donors (Lipinski definition) is 2. The monoisotopic (exact) mass is 270 g/mol. The molecular formula is C11H14N2O4S. The lowest BCUT2D eigenvalue weighted by atomic mass is 10.00. The average molecular weight is 270 g/mol. The molecule has 0 saturated carbocycles. The summed E-state index contributed by atoms with van der Waals surface area (Å²) in [5.41, 5.74) is 8.15. The van der Waals surface area contributed by atoms with Crippen molar-refractivity contribution in [1.82, 2.24) is 4.31 Å². The highest BCUT2D eigenvalue weighted by molar-refractivity contribution is 7.89. The van der Waals surface area contributed by atoms with Crippen LogP contribution in [0.2, 0.25) is 0 Å². The van der Waals surface area contributed by atoms with E-state index in [4.69, 9.17) is 10.8 Å². The number of rotatable bonds is 3. The standard InChI is InChI=1S/C11H14N2O4S/c12-10-3-1-2-8-4-5-13(6-9(8)10)18(16,17)7-11(14)15/h1-3H,4-7,12H2,(H,14,15). The fraction of sp³-hybridized carbons (Fsp3) is 0.364. The first kappa shape index (κ1) is 12.8. The molecule has 1 aromatic rings. The molecule has 1 heterocycles. The number of sulfonamides is 1. The third-order valence-electron chi connectivity index (χ3n) is 2.97. The lowest BCUT2D eigenvalue weighted by Gasteiger charge is -2.28. The van der Waals surface area contributed by atoms with Crippen LogP contribution in [0.4, 0.5) is 5.69 Å². The Kier molecular flexibility index (Phi) is 3.27. The Hall–Kier alpha value is -1.60. The lowest BCUT2D eigenvalue weighted by Crippen LogP contribution is -2.39. The number of carbonyl (C=O) groups is 1. The van der Waals surface area contributed by atoms with Crippen molar-refractivity contribution < 1.29 is 18.3 Å². The number of anilines is 1. The van der Waals surface area contributed by atoms with Crippen molar-refractivity contribution in [1.29, 1.82) is 0 Å². The van der Waals surface area contributed by atoms with Gasteiger partial charge in [-0.2, -0.15) is 4.31 Å². The molecule has 0 fully saturated rings. The fourth-order valence-electron chi connectivity index (χ4n) is 2.07. The largest absolute Gasteiger partial charge is 0.480 e. The minimum atomic E-state index is -3.76. The highest BCUT2D eigenvalue weighted by atomic mass is 32.2. The Morgan fingerprint density at radius 3 is 2.83 bits per heavy atom. The molecular weight excluding hydrogens is 256 g/mol. The number of carboxylic acid groups (broad SMARTS) is 1. The summed E-state index contributed by atoms with van der Waals surface area (Å²) in [5.74, 6) is -2.23. The molecule has 2 rings (SSSR count). The Labute approximate surface area is 105 Å². The van der Waals surface area contributed by atoms with Gasteiger partial charge in [0, 0.05) is 18.8 Å². The molecule has 3 N–H and O–H groups in total. The number of aliphatic carboxylic acids is 1. The number of carboxylic acids is 1. The van der Waals surface area contributed by atoms with E-state index in [9.17, 15) is 13.2 Å². The van der Waals surface area contributed by atoms with Gasteiger partial charge in [0.05, 0.1) is 0 Å². The smallest absolute Gasteiger partial charge is 0.320 e. The average Bonchev–Trinajstić information content (AvgIpc) is 2.27. The minimum Gasteiger partial charge on any atom is -0.480 e. The molecule has 0 unspecified atom stereocenters. The fourth-order valence-corrected chi connectivity index (χ4v) is 3.26. The molecule has 7 heteroatoms. The van der Waals surface area contributed by atoms with Gasteiger partial charge in [0.2, 0.25) is 10.0 Å². The summed E-state index contributed by atoms with van der Waals surface area (Å²) < 4.78 is 24.8. The summed E-state index contributed by atoms with van der Waals surface area (Å²) in [4.78, 5) is 10.5. The van der Waals surface area contributed by atoms with Crippen LogP contribution in [0.25, 0.3) is 0 Å². The van der Waals surface area contributed by atoms with Gasteiger partial charge in [-0.1, -0.05) is 12.1 Å².